The molecule has 0 fully saturated rings. The number of hydrogen-bond acceptors (Lipinski definition) is 5. The van der Waals surface area contributed by atoms with Crippen molar-refractivity contribution < 1.29 is 9.53 Å². The van der Waals surface area contributed by atoms with Crippen LogP contribution in [0, 0.1) is 0 Å². The number of carbonyl (C=O) groups is 1. The fourth-order valence-electron chi connectivity index (χ4n) is 1.63. The van der Waals surface area contributed by atoms with Gasteiger partial charge >= 0.3 is 6.09 Å². The zero-order chi connectivity index (χ0) is 15.2. The van der Waals surface area contributed by atoms with Crippen LogP contribution < -0.4 is 16.4 Å². The Balaban J connectivity index is 1.99. The summed E-state index contributed by atoms with van der Waals surface area (Å²) in [4.78, 5) is 15.3. The Morgan fingerprint density at radius 2 is 2.00 bits per heavy atom. The van der Waals surface area contributed by atoms with E-state index in [1.165, 1.54) is 7.11 Å². The first-order valence-electron chi connectivity index (χ1n) is 6.18. The Kier molecular flexibility index (Phi) is 4.84. The third-order valence-electron chi connectivity index (χ3n) is 2.73. The summed E-state index contributed by atoms with van der Waals surface area (Å²) in [5.74, 6) is 0.819. The van der Waals surface area contributed by atoms with Crippen molar-refractivity contribution in [3.63, 3.8) is 0 Å². The molecule has 0 spiro atoms. The number of halogens is 1. The van der Waals surface area contributed by atoms with Gasteiger partial charge in [-0.25, -0.2) is 9.78 Å². The second kappa shape index (κ2) is 6.81. The maximum atomic E-state index is 11.1. The summed E-state index contributed by atoms with van der Waals surface area (Å²) in [5, 5.41) is 6.31. The molecule has 6 nitrogen and oxygen atoms in total. The van der Waals surface area contributed by atoms with Gasteiger partial charge < -0.3 is 15.8 Å². The van der Waals surface area contributed by atoms with Crippen LogP contribution in [0.1, 0.15) is 5.56 Å². The molecule has 110 valence electrons. The van der Waals surface area contributed by atoms with Crippen molar-refractivity contribution in [1.29, 1.82) is 0 Å². The van der Waals surface area contributed by atoms with Crippen LogP contribution in [0.5, 0.6) is 0 Å². The van der Waals surface area contributed by atoms with Crippen molar-refractivity contribution in [2.75, 3.05) is 23.5 Å². The summed E-state index contributed by atoms with van der Waals surface area (Å²) in [6.45, 7) is 0.591. The maximum absolute atomic E-state index is 11.1. The molecule has 0 radical (unpaired) electrons. The predicted octanol–water partition coefficient (Wildman–Crippen LogP) is 3.11. The monoisotopic (exact) mass is 306 g/mol. The number of pyridine rings is 1. The molecule has 21 heavy (non-hydrogen) atoms. The summed E-state index contributed by atoms with van der Waals surface area (Å²) in [6.07, 6.45) is -0.592. The van der Waals surface area contributed by atoms with Crippen molar-refractivity contribution in [3.05, 3.63) is 47.0 Å². The van der Waals surface area contributed by atoms with Gasteiger partial charge in [0.15, 0.2) is 0 Å². The number of amides is 1. The molecular formula is C14H15ClN4O2. The van der Waals surface area contributed by atoms with Crippen molar-refractivity contribution in [3.8, 4) is 0 Å². The minimum atomic E-state index is -0.592. The lowest BCUT2D eigenvalue weighted by Gasteiger charge is -2.10. The number of hydrogen-bond donors (Lipinski definition) is 3. The standard InChI is InChI=1S/C14H15ClN4O2/c1-21-14(20)18-11-6-7-12(19-13(11)16)17-8-9-2-4-10(15)5-3-9/h2-7H,8H2,1H3,(H,18,20)(H3,16,17,19). The predicted molar refractivity (Wildman–Crippen MR) is 83.5 cm³/mol. The van der Waals surface area contributed by atoms with Gasteiger partial charge in [-0.15, -0.1) is 0 Å². The van der Waals surface area contributed by atoms with Gasteiger partial charge in [-0.05, 0) is 29.8 Å². The maximum Gasteiger partial charge on any atom is 0.411 e. The number of ether oxygens (including phenoxy) is 1. The Morgan fingerprint density at radius 1 is 1.29 bits per heavy atom. The number of rotatable bonds is 4. The molecule has 0 aliphatic rings. The van der Waals surface area contributed by atoms with E-state index in [1.54, 1.807) is 12.1 Å². The van der Waals surface area contributed by atoms with Crippen LogP contribution in [0.15, 0.2) is 36.4 Å². The Labute approximate surface area is 127 Å². The molecule has 0 bridgehead atoms. The van der Waals surface area contributed by atoms with E-state index in [0.29, 0.717) is 23.1 Å². The van der Waals surface area contributed by atoms with Gasteiger partial charge in [0.05, 0.1) is 12.8 Å². The number of nitrogens with one attached hydrogen (secondary N) is 2. The Morgan fingerprint density at radius 3 is 2.62 bits per heavy atom. The molecule has 0 aliphatic heterocycles. The molecule has 0 atom stereocenters. The van der Waals surface area contributed by atoms with E-state index in [0.717, 1.165) is 5.56 Å². The highest BCUT2D eigenvalue weighted by molar-refractivity contribution is 6.30. The fraction of sp³-hybridized carbons (Fsp3) is 0.143. The molecule has 2 aromatic rings. The molecule has 7 heteroatoms. The number of benzene rings is 1. The third kappa shape index (κ3) is 4.25. The van der Waals surface area contributed by atoms with E-state index in [-0.39, 0.29) is 5.82 Å². The van der Waals surface area contributed by atoms with Gasteiger partial charge in [0, 0.05) is 11.6 Å². The van der Waals surface area contributed by atoms with Gasteiger partial charge in [-0.3, -0.25) is 5.32 Å². The molecule has 0 saturated carbocycles. The SMILES string of the molecule is COC(=O)Nc1ccc(NCc2ccc(Cl)cc2)nc1N. The molecule has 0 aliphatic carbocycles. The summed E-state index contributed by atoms with van der Waals surface area (Å²) >= 11 is 5.83. The van der Waals surface area contributed by atoms with Crippen molar-refractivity contribution in [1.82, 2.24) is 4.98 Å². The number of nitrogens with two attached hydrogens (primary N) is 1. The van der Waals surface area contributed by atoms with Crippen molar-refractivity contribution in [2.24, 2.45) is 0 Å². The summed E-state index contributed by atoms with van der Waals surface area (Å²) in [6, 6.07) is 10.9. The van der Waals surface area contributed by atoms with Crippen LogP contribution in [0.2, 0.25) is 5.02 Å². The van der Waals surface area contributed by atoms with E-state index in [1.807, 2.05) is 24.3 Å². The van der Waals surface area contributed by atoms with Crippen molar-refractivity contribution in [2.45, 2.75) is 6.54 Å². The first kappa shape index (κ1) is 14.9. The van der Waals surface area contributed by atoms with Crippen LogP contribution in [-0.4, -0.2) is 18.2 Å². The van der Waals surface area contributed by atoms with Gasteiger partial charge in [-0.1, -0.05) is 23.7 Å². The molecule has 2 rings (SSSR count). The van der Waals surface area contributed by atoms with E-state index in [9.17, 15) is 4.79 Å². The Hall–Kier alpha value is -2.47. The molecule has 1 amide bonds. The van der Waals surface area contributed by atoms with E-state index in [4.69, 9.17) is 17.3 Å². The zero-order valence-corrected chi connectivity index (χ0v) is 12.1. The molecule has 4 N–H and O–H groups in total. The number of methoxy groups -OCH3 is 1. The highest BCUT2D eigenvalue weighted by Crippen LogP contribution is 2.19. The smallest absolute Gasteiger partial charge is 0.411 e. The second-order valence-electron chi connectivity index (χ2n) is 4.23. The van der Waals surface area contributed by atoms with E-state index < -0.39 is 6.09 Å². The molecule has 0 unspecified atom stereocenters. The normalized spacial score (nSPS) is 10.0. The average molecular weight is 307 g/mol. The van der Waals surface area contributed by atoms with Crippen LogP contribution in [0.4, 0.5) is 22.1 Å². The number of anilines is 3. The average Bonchev–Trinajstić information content (AvgIpc) is 2.49. The lowest BCUT2D eigenvalue weighted by Crippen LogP contribution is -2.13. The van der Waals surface area contributed by atoms with E-state index >= 15 is 0 Å². The number of nitrogen functional groups attached to an aromatic ring is 1. The largest absolute Gasteiger partial charge is 0.453 e. The number of carbonyl (C=O) groups excluding carboxylic acids is 1. The highest BCUT2D eigenvalue weighted by atomic mass is 35.5. The Bertz CT molecular complexity index is 631. The minimum absolute atomic E-state index is 0.210. The topological polar surface area (TPSA) is 89.3 Å². The summed E-state index contributed by atoms with van der Waals surface area (Å²) in [7, 11) is 1.28. The third-order valence-corrected chi connectivity index (χ3v) is 2.99. The number of aromatic nitrogens is 1. The molecule has 1 heterocycles. The summed E-state index contributed by atoms with van der Waals surface area (Å²) < 4.78 is 4.49. The van der Waals surface area contributed by atoms with Crippen LogP contribution in [-0.2, 0) is 11.3 Å². The molecule has 1 aromatic heterocycles. The molecule has 1 aromatic carbocycles. The number of nitrogens with zero attached hydrogens (tertiary/aromatic N) is 1. The van der Waals surface area contributed by atoms with Gasteiger partial charge in [0.25, 0.3) is 0 Å². The quantitative estimate of drug-likeness (QED) is 0.807. The second-order valence-corrected chi connectivity index (χ2v) is 4.66. The zero-order valence-electron chi connectivity index (χ0n) is 11.4. The van der Waals surface area contributed by atoms with Crippen LogP contribution in [0.25, 0.3) is 0 Å². The molecular weight excluding hydrogens is 292 g/mol. The fourth-order valence-corrected chi connectivity index (χ4v) is 1.76. The lowest BCUT2D eigenvalue weighted by molar-refractivity contribution is 0.187. The van der Waals surface area contributed by atoms with Crippen LogP contribution in [0.3, 0.4) is 0 Å². The van der Waals surface area contributed by atoms with E-state index in [2.05, 4.69) is 20.4 Å². The summed E-state index contributed by atoms with van der Waals surface area (Å²) in [5.41, 5.74) is 7.24. The van der Waals surface area contributed by atoms with Gasteiger partial charge in [0.2, 0.25) is 0 Å². The van der Waals surface area contributed by atoms with Crippen molar-refractivity contribution >= 4 is 35.0 Å². The first-order valence-corrected chi connectivity index (χ1v) is 6.56. The highest BCUT2D eigenvalue weighted by Gasteiger charge is 2.06. The van der Waals surface area contributed by atoms with Gasteiger partial charge in [-0.2, -0.15) is 0 Å². The lowest BCUT2D eigenvalue weighted by atomic mass is 10.2. The minimum Gasteiger partial charge on any atom is -0.453 e. The van der Waals surface area contributed by atoms with Gasteiger partial charge in [0.1, 0.15) is 11.6 Å². The first-order chi connectivity index (χ1) is 10.1. The van der Waals surface area contributed by atoms with Crippen LogP contribution >= 0.6 is 11.6 Å². The molecule has 0 saturated heterocycles.